The predicted molar refractivity (Wildman–Crippen MR) is 94.5 cm³/mol. The summed E-state index contributed by atoms with van der Waals surface area (Å²) in [5, 5.41) is 0. The Morgan fingerprint density at radius 1 is 1.17 bits per heavy atom. The second-order valence-electron chi connectivity index (χ2n) is 6.36. The molecule has 1 aromatic carbocycles. The van der Waals surface area contributed by atoms with Crippen LogP contribution in [-0.4, -0.2) is 14.5 Å². The van der Waals surface area contributed by atoms with Crippen LogP contribution in [0.1, 0.15) is 57.4 Å². The van der Waals surface area contributed by atoms with Gasteiger partial charge in [0.15, 0.2) is 0 Å². The van der Waals surface area contributed by atoms with E-state index in [1.165, 1.54) is 0 Å². The maximum absolute atomic E-state index is 12.6. The highest BCUT2D eigenvalue weighted by atomic mass is 32.2. The number of unbranched alkanes of at least 4 members (excludes halogenated alkanes) is 2. The summed E-state index contributed by atoms with van der Waals surface area (Å²) in [6.45, 7) is 4.10. The highest BCUT2D eigenvalue weighted by Crippen LogP contribution is 2.25. The van der Waals surface area contributed by atoms with Gasteiger partial charge in [-0.2, -0.15) is 0 Å². The van der Waals surface area contributed by atoms with E-state index >= 15 is 0 Å². The number of hydrogen-bond donors (Lipinski definition) is 1. The molecule has 1 saturated carbocycles. The van der Waals surface area contributed by atoms with Crippen LogP contribution in [0.4, 0.5) is 0 Å². The van der Waals surface area contributed by atoms with Crippen LogP contribution < -0.4 is 4.72 Å². The molecule has 4 heteroatoms. The normalized spacial score (nSPS) is 21.5. The molecule has 23 heavy (non-hydrogen) atoms. The molecule has 1 N–H and O–H groups in total. The van der Waals surface area contributed by atoms with Gasteiger partial charge in [-0.1, -0.05) is 49.8 Å². The summed E-state index contributed by atoms with van der Waals surface area (Å²) in [5.74, 6) is 6.69. The predicted octanol–water partition coefficient (Wildman–Crippen LogP) is 4.03. The van der Waals surface area contributed by atoms with Crippen LogP contribution in [0, 0.1) is 24.7 Å². The molecule has 0 radical (unpaired) electrons. The lowest BCUT2D eigenvalue weighted by Crippen LogP contribution is -2.41. The van der Waals surface area contributed by atoms with Crippen molar-refractivity contribution in [2.75, 3.05) is 0 Å². The van der Waals surface area contributed by atoms with E-state index in [9.17, 15) is 8.42 Å². The molecule has 126 valence electrons. The first kappa shape index (κ1) is 18.0. The van der Waals surface area contributed by atoms with Gasteiger partial charge >= 0.3 is 0 Å². The Balaban J connectivity index is 2.08. The van der Waals surface area contributed by atoms with Crippen LogP contribution >= 0.6 is 0 Å². The largest absolute Gasteiger partial charge is 0.240 e. The summed E-state index contributed by atoms with van der Waals surface area (Å²) in [6, 6.07) is 6.93. The van der Waals surface area contributed by atoms with Crippen molar-refractivity contribution in [1.29, 1.82) is 0 Å². The van der Waals surface area contributed by atoms with Crippen molar-refractivity contribution in [2.24, 2.45) is 5.92 Å². The number of nitrogens with one attached hydrogen (secondary N) is 1. The van der Waals surface area contributed by atoms with Crippen LogP contribution in [0.15, 0.2) is 29.2 Å². The van der Waals surface area contributed by atoms with E-state index in [4.69, 9.17) is 0 Å². The molecule has 1 aliphatic rings. The van der Waals surface area contributed by atoms with Gasteiger partial charge in [0.2, 0.25) is 10.0 Å². The third-order valence-electron chi connectivity index (χ3n) is 4.35. The molecule has 3 nitrogen and oxygen atoms in total. The molecule has 0 heterocycles. The van der Waals surface area contributed by atoms with Crippen LogP contribution in [0.25, 0.3) is 0 Å². The summed E-state index contributed by atoms with van der Waals surface area (Å²) >= 11 is 0. The van der Waals surface area contributed by atoms with Crippen molar-refractivity contribution in [3.8, 4) is 11.8 Å². The second-order valence-corrected chi connectivity index (χ2v) is 8.07. The minimum absolute atomic E-state index is 0.0656. The quantitative estimate of drug-likeness (QED) is 0.653. The fourth-order valence-electron chi connectivity index (χ4n) is 2.90. The molecule has 1 aliphatic carbocycles. The Labute approximate surface area is 140 Å². The topological polar surface area (TPSA) is 46.2 Å². The van der Waals surface area contributed by atoms with Crippen molar-refractivity contribution in [1.82, 2.24) is 4.72 Å². The van der Waals surface area contributed by atoms with Crippen molar-refractivity contribution in [3.63, 3.8) is 0 Å². The van der Waals surface area contributed by atoms with Gasteiger partial charge in [0.05, 0.1) is 4.90 Å². The lowest BCUT2D eigenvalue weighted by atomic mass is 9.85. The molecule has 2 rings (SSSR count). The zero-order valence-corrected chi connectivity index (χ0v) is 15.0. The van der Waals surface area contributed by atoms with Crippen molar-refractivity contribution in [3.05, 3.63) is 29.8 Å². The minimum atomic E-state index is -3.46. The fourth-order valence-corrected chi connectivity index (χ4v) is 4.21. The maximum Gasteiger partial charge on any atom is 0.240 e. The van der Waals surface area contributed by atoms with Gasteiger partial charge in [0.25, 0.3) is 0 Å². The molecule has 0 spiro atoms. The van der Waals surface area contributed by atoms with Gasteiger partial charge in [-0.15, -0.1) is 5.92 Å². The first-order chi connectivity index (χ1) is 11.0. The first-order valence-corrected chi connectivity index (χ1v) is 10.1. The van der Waals surface area contributed by atoms with E-state index in [1.807, 2.05) is 19.1 Å². The summed E-state index contributed by atoms with van der Waals surface area (Å²) in [5.41, 5.74) is 1.06. The zero-order chi connectivity index (χ0) is 16.7. The third-order valence-corrected chi connectivity index (χ3v) is 5.85. The number of benzene rings is 1. The van der Waals surface area contributed by atoms with Crippen molar-refractivity contribution < 1.29 is 8.42 Å². The standard InChI is InChI=1S/C19H27NO2S/c1-3-4-5-6-9-17-10-7-8-11-19(17)20-23(21,22)18-14-12-16(2)13-15-18/h12-15,17,19-20H,3-5,7-8,10-11H2,1-2H3/t17-,19+/m0/s1. The lowest BCUT2D eigenvalue weighted by molar-refractivity contribution is 0.348. The Hall–Kier alpha value is -1.31. The fraction of sp³-hybridized carbons (Fsp3) is 0.579. The molecule has 0 aliphatic heterocycles. The summed E-state index contributed by atoms with van der Waals surface area (Å²) in [6.07, 6.45) is 7.22. The van der Waals surface area contributed by atoms with E-state index in [0.29, 0.717) is 4.90 Å². The molecule has 0 bridgehead atoms. The molecule has 2 atom stereocenters. The second kappa shape index (κ2) is 8.52. The van der Waals surface area contributed by atoms with Crippen LogP contribution in [-0.2, 0) is 10.0 Å². The number of aryl methyl sites for hydroxylation is 1. The average molecular weight is 333 g/mol. The highest BCUT2D eigenvalue weighted by molar-refractivity contribution is 7.89. The minimum Gasteiger partial charge on any atom is -0.207 e. The Kier molecular flexibility index (Phi) is 6.68. The molecule has 0 saturated heterocycles. The summed E-state index contributed by atoms with van der Waals surface area (Å²) in [7, 11) is -3.46. The van der Waals surface area contributed by atoms with E-state index in [2.05, 4.69) is 23.5 Å². The SMILES string of the molecule is CCCCC#C[C@H]1CCCC[C@H]1NS(=O)(=O)c1ccc(C)cc1. The summed E-state index contributed by atoms with van der Waals surface area (Å²) < 4.78 is 28.0. The van der Waals surface area contributed by atoms with E-state index < -0.39 is 10.0 Å². The van der Waals surface area contributed by atoms with Gasteiger partial charge in [-0.3, -0.25) is 0 Å². The molecular weight excluding hydrogens is 306 g/mol. The molecule has 0 aromatic heterocycles. The van der Waals surface area contributed by atoms with Gasteiger partial charge < -0.3 is 0 Å². The van der Waals surface area contributed by atoms with Gasteiger partial charge in [0.1, 0.15) is 0 Å². The summed E-state index contributed by atoms with van der Waals surface area (Å²) in [4.78, 5) is 0.339. The van der Waals surface area contributed by atoms with Crippen molar-refractivity contribution in [2.45, 2.75) is 69.7 Å². The van der Waals surface area contributed by atoms with Crippen LogP contribution in [0.2, 0.25) is 0 Å². The monoisotopic (exact) mass is 333 g/mol. The van der Waals surface area contributed by atoms with Gasteiger partial charge in [0, 0.05) is 18.4 Å². The smallest absolute Gasteiger partial charge is 0.207 e. The molecule has 1 aromatic rings. The molecular formula is C19H27NO2S. The molecule has 0 amide bonds. The Morgan fingerprint density at radius 2 is 1.87 bits per heavy atom. The number of hydrogen-bond acceptors (Lipinski definition) is 2. The zero-order valence-electron chi connectivity index (χ0n) is 14.1. The van der Waals surface area contributed by atoms with E-state index in [0.717, 1.165) is 50.5 Å². The Morgan fingerprint density at radius 3 is 2.57 bits per heavy atom. The average Bonchev–Trinajstić information content (AvgIpc) is 2.53. The highest BCUT2D eigenvalue weighted by Gasteiger charge is 2.28. The van der Waals surface area contributed by atoms with Crippen molar-refractivity contribution >= 4 is 10.0 Å². The van der Waals surface area contributed by atoms with Crippen LogP contribution in [0.3, 0.4) is 0 Å². The molecule has 0 unspecified atom stereocenters. The third kappa shape index (κ3) is 5.37. The lowest BCUT2D eigenvalue weighted by Gasteiger charge is -2.28. The molecule has 1 fully saturated rings. The van der Waals surface area contributed by atoms with E-state index in [-0.39, 0.29) is 12.0 Å². The maximum atomic E-state index is 12.6. The van der Waals surface area contributed by atoms with Crippen LogP contribution in [0.5, 0.6) is 0 Å². The first-order valence-electron chi connectivity index (χ1n) is 8.60. The van der Waals surface area contributed by atoms with E-state index in [1.54, 1.807) is 12.1 Å². The Bertz CT molecular complexity index is 653. The van der Waals surface area contributed by atoms with Gasteiger partial charge in [-0.05, 0) is 38.3 Å². The number of sulfonamides is 1. The van der Waals surface area contributed by atoms with Gasteiger partial charge in [-0.25, -0.2) is 13.1 Å². The number of rotatable bonds is 5.